The van der Waals surface area contributed by atoms with Gasteiger partial charge in [0.1, 0.15) is 5.82 Å². The highest BCUT2D eigenvalue weighted by Crippen LogP contribution is 2.21. The highest BCUT2D eigenvalue weighted by Gasteiger charge is 2.24. The molecule has 2 heterocycles. The number of anilines is 2. The summed E-state index contributed by atoms with van der Waals surface area (Å²) in [5, 5.41) is 14.5. The van der Waals surface area contributed by atoms with E-state index in [1.165, 1.54) is 11.0 Å². The van der Waals surface area contributed by atoms with Crippen molar-refractivity contribution in [3.63, 3.8) is 0 Å². The van der Waals surface area contributed by atoms with Crippen LogP contribution < -0.4 is 26.8 Å². The Morgan fingerprint density at radius 1 is 1.21 bits per heavy atom. The zero-order valence-electron chi connectivity index (χ0n) is 16.0. The highest BCUT2D eigenvalue weighted by atomic mass is 16.4. The third-order valence-corrected chi connectivity index (χ3v) is 4.47. The molecule has 2 amide bonds. The number of aliphatic carboxylic acids is 1. The van der Waals surface area contributed by atoms with E-state index in [2.05, 4.69) is 15.6 Å². The van der Waals surface area contributed by atoms with Gasteiger partial charge in [0.05, 0.1) is 24.2 Å². The lowest BCUT2D eigenvalue weighted by atomic mass is 10.1. The lowest BCUT2D eigenvalue weighted by molar-refractivity contribution is -0.132. The van der Waals surface area contributed by atoms with Crippen LogP contribution in [0.25, 0.3) is 6.08 Å². The number of urea groups is 1. The summed E-state index contributed by atoms with van der Waals surface area (Å²) in [6.45, 7) is 2.40. The second kappa shape index (κ2) is 8.05. The third kappa shape index (κ3) is 4.21. The minimum absolute atomic E-state index is 0.00282. The zero-order chi connectivity index (χ0) is 21.1. The van der Waals surface area contributed by atoms with Crippen molar-refractivity contribution in [2.75, 3.05) is 30.4 Å². The van der Waals surface area contributed by atoms with E-state index in [1.807, 2.05) is 6.92 Å². The fraction of sp³-hybridized carbons (Fsp3) is 0.263. The molecule has 0 aliphatic carbocycles. The average Bonchev–Trinajstić information content (AvgIpc) is 2.67. The van der Waals surface area contributed by atoms with Crippen LogP contribution in [0.15, 0.2) is 39.4 Å². The van der Waals surface area contributed by atoms with Crippen molar-refractivity contribution < 1.29 is 14.7 Å². The van der Waals surface area contributed by atoms with Crippen LogP contribution in [0.4, 0.5) is 16.3 Å². The minimum Gasteiger partial charge on any atom is -0.478 e. The van der Waals surface area contributed by atoms with Gasteiger partial charge in [-0.2, -0.15) is 0 Å². The number of nitrogens with one attached hydrogen (secondary N) is 3. The van der Waals surface area contributed by atoms with Crippen LogP contribution in [0.1, 0.15) is 18.1 Å². The molecule has 0 fully saturated rings. The number of carbonyl (C=O) groups excluding carboxylic acids is 1. The average molecular weight is 399 g/mol. The first-order valence-electron chi connectivity index (χ1n) is 8.96. The maximum Gasteiger partial charge on any atom is 0.333 e. The number of carboxylic acid groups (broad SMARTS) is 1. The summed E-state index contributed by atoms with van der Waals surface area (Å²) in [5.74, 6) is -0.822. The Morgan fingerprint density at radius 3 is 2.52 bits per heavy atom. The van der Waals surface area contributed by atoms with Gasteiger partial charge < -0.3 is 20.6 Å². The quantitative estimate of drug-likeness (QED) is 0.583. The van der Waals surface area contributed by atoms with Crippen molar-refractivity contribution in [3.8, 4) is 0 Å². The van der Waals surface area contributed by atoms with Gasteiger partial charge >= 0.3 is 17.7 Å². The number of amides is 2. The number of benzene rings is 1. The number of H-pyrrole nitrogens is 1. The summed E-state index contributed by atoms with van der Waals surface area (Å²) in [7, 11) is 1.61. The maximum atomic E-state index is 12.9. The Kier molecular flexibility index (Phi) is 5.53. The molecule has 0 spiro atoms. The fourth-order valence-electron chi connectivity index (χ4n) is 3.05. The molecule has 1 aliphatic heterocycles. The summed E-state index contributed by atoms with van der Waals surface area (Å²) in [4.78, 5) is 52.3. The number of carboxylic acids is 1. The van der Waals surface area contributed by atoms with Crippen molar-refractivity contribution >= 4 is 29.6 Å². The van der Waals surface area contributed by atoms with Crippen LogP contribution in [0.5, 0.6) is 0 Å². The molecule has 2 aromatic rings. The number of aromatic nitrogens is 2. The number of hydrogen-bond acceptors (Lipinski definition) is 5. The second-order valence-corrected chi connectivity index (χ2v) is 6.60. The largest absolute Gasteiger partial charge is 0.478 e. The molecular weight excluding hydrogens is 378 g/mol. The van der Waals surface area contributed by atoms with Gasteiger partial charge in [0.15, 0.2) is 0 Å². The maximum absolute atomic E-state index is 12.9. The van der Waals surface area contributed by atoms with Crippen molar-refractivity contribution in [1.82, 2.24) is 14.9 Å². The Balaban J connectivity index is 1.90. The summed E-state index contributed by atoms with van der Waals surface area (Å²) < 4.78 is 1.01. The monoisotopic (exact) mass is 399 g/mol. The molecule has 1 aromatic heterocycles. The van der Waals surface area contributed by atoms with Gasteiger partial charge in [-0.15, -0.1) is 0 Å². The van der Waals surface area contributed by atoms with Crippen LogP contribution in [0.3, 0.4) is 0 Å². The van der Waals surface area contributed by atoms with E-state index in [0.717, 1.165) is 4.57 Å². The number of fused-ring (bicyclic) bond motifs is 1. The molecule has 10 nitrogen and oxygen atoms in total. The van der Waals surface area contributed by atoms with Crippen LogP contribution in [-0.2, 0) is 11.3 Å². The van der Waals surface area contributed by atoms with E-state index in [9.17, 15) is 24.3 Å². The number of hydrogen-bond donors (Lipinski definition) is 4. The molecule has 152 valence electrons. The van der Waals surface area contributed by atoms with E-state index < -0.39 is 17.2 Å². The van der Waals surface area contributed by atoms with Gasteiger partial charge in [-0.1, -0.05) is 12.1 Å². The number of aromatic amines is 1. The van der Waals surface area contributed by atoms with E-state index in [-0.39, 0.29) is 30.3 Å². The molecule has 1 aromatic carbocycles. The Bertz CT molecular complexity index is 1100. The molecule has 3 rings (SSSR count). The molecule has 0 unspecified atom stereocenters. The summed E-state index contributed by atoms with van der Waals surface area (Å²) in [5.41, 5.74) is 0.283. The molecule has 0 bridgehead atoms. The summed E-state index contributed by atoms with van der Waals surface area (Å²) in [6.07, 6.45) is 1.30. The lowest BCUT2D eigenvalue weighted by Gasteiger charge is -2.25. The Morgan fingerprint density at radius 2 is 1.90 bits per heavy atom. The predicted octanol–water partition coefficient (Wildman–Crippen LogP) is 0.644. The van der Waals surface area contributed by atoms with Gasteiger partial charge in [-0.3, -0.25) is 14.3 Å². The zero-order valence-corrected chi connectivity index (χ0v) is 16.0. The van der Waals surface area contributed by atoms with Gasteiger partial charge in [-0.25, -0.2) is 14.4 Å². The molecular formula is C19H21N5O5. The Labute approximate surface area is 165 Å². The summed E-state index contributed by atoms with van der Waals surface area (Å²) in [6, 6.07) is 6.39. The lowest BCUT2D eigenvalue weighted by Crippen LogP contribution is -2.41. The fourth-order valence-corrected chi connectivity index (χ4v) is 3.05. The van der Waals surface area contributed by atoms with Crippen LogP contribution in [0.2, 0.25) is 0 Å². The second-order valence-electron chi connectivity index (χ2n) is 6.60. The van der Waals surface area contributed by atoms with Crippen molar-refractivity contribution in [2.45, 2.75) is 13.5 Å². The van der Waals surface area contributed by atoms with Gasteiger partial charge in [0.2, 0.25) is 0 Å². The molecule has 29 heavy (non-hydrogen) atoms. The number of carbonyl (C=O) groups is 2. The van der Waals surface area contributed by atoms with Crippen molar-refractivity contribution in [3.05, 3.63) is 61.8 Å². The molecule has 1 aliphatic rings. The number of nitrogens with zero attached hydrogens (tertiary/aromatic N) is 2. The molecule has 0 atom stereocenters. The predicted molar refractivity (Wildman–Crippen MR) is 108 cm³/mol. The minimum atomic E-state index is -1.12. The van der Waals surface area contributed by atoms with E-state index >= 15 is 0 Å². The van der Waals surface area contributed by atoms with Gasteiger partial charge in [-0.05, 0) is 30.7 Å². The molecule has 10 heteroatoms. The van der Waals surface area contributed by atoms with E-state index in [0.29, 0.717) is 23.6 Å². The first-order chi connectivity index (χ1) is 13.8. The van der Waals surface area contributed by atoms with Crippen molar-refractivity contribution in [1.29, 1.82) is 0 Å². The SMILES string of the molecule is CCNC(=O)Nc1ccc(Cn2c(=O)[nH]c3c(c2=O)C=C(C(=O)O)CN3C)cc1. The standard InChI is InChI=1S/C19H21N5O5/c1-3-20-18(28)21-13-6-4-11(5-7-13)9-24-16(25)14-8-12(17(26)27)10-23(2)15(14)22-19(24)29/h4-8H,3,9-10H2,1-2H3,(H,22,29)(H,26,27)(H2,20,21,28). The molecule has 0 radical (unpaired) electrons. The third-order valence-electron chi connectivity index (χ3n) is 4.47. The first-order valence-corrected chi connectivity index (χ1v) is 8.96. The van der Waals surface area contributed by atoms with Crippen molar-refractivity contribution in [2.24, 2.45) is 0 Å². The van der Waals surface area contributed by atoms with E-state index in [1.54, 1.807) is 31.3 Å². The number of likely N-dealkylation sites (N-methyl/N-ethyl adjacent to an activating group) is 1. The van der Waals surface area contributed by atoms with Crippen LogP contribution >= 0.6 is 0 Å². The number of rotatable bonds is 5. The summed E-state index contributed by atoms with van der Waals surface area (Å²) >= 11 is 0. The van der Waals surface area contributed by atoms with Gasteiger partial charge in [0.25, 0.3) is 5.56 Å². The normalized spacial score (nSPS) is 12.8. The molecule has 0 saturated heterocycles. The first kappa shape index (κ1) is 19.9. The van der Waals surface area contributed by atoms with Crippen LogP contribution in [0, 0.1) is 0 Å². The van der Waals surface area contributed by atoms with Gasteiger partial charge in [0, 0.05) is 19.3 Å². The van der Waals surface area contributed by atoms with Crippen LogP contribution in [-0.4, -0.2) is 46.8 Å². The van der Waals surface area contributed by atoms with E-state index in [4.69, 9.17) is 0 Å². The highest BCUT2D eigenvalue weighted by molar-refractivity contribution is 5.95. The topological polar surface area (TPSA) is 137 Å². The Hall–Kier alpha value is -3.82. The molecule has 4 N–H and O–H groups in total. The smallest absolute Gasteiger partial charge is 0.333 e. The molecule has 0 saturated carbocycles.